The fourth-order valence-corrected chi connectivity index (χ4v) is 0.825. The van der Waals surface area contributed by atoms with Crippen molar-refractivity contribution in [3.8, 4) is 0 Å². The van der Waals surface area contributed by atoms with Gasteiger partial charge in [-0.2, -0.15) is 0 Å². The van der Waals surface area contributed by atoms with Crippen molar-refractivity contribution in [2.75, 3.05) is 13.1 Å². The molecule has 0 fully saturated rings. The van der Waals surface area contributed by atoms with Crippen molar-refractivity contribution in [1.29, 1.82) is 0 Å². The molecule has 0 aliphatic carbocycles. The largest absolute Gasteiger partial charge is 0.480 e. The summed E-state index contributed by atoms with van der Waals surface area (Å²) >= 11 is 0. The molecule has 1 unspecified atom stereocenters. The van der Waals surface area contributed by atoms with Gasteiger partial charge in [-0.3, -0.25) is 14.4 Å². The summed E-state index contributed by atoms with van der Waals surface area (Å²) in [7, 11) is 0. The van der Waals surface area contributed by atoms with Crippen LogP contribution in [0.3, 0.4) is 0 Å². The summed E-state index contributed by atoms with van der Waals surface area (Å²) in [6.45, 7) is 2.83. The fraction of sp³-hybridized carbons (Fsp3) is 0.667. The SMILES string of the molecule is CC(C)C(N)C(=O)NCC(=O)NCC(=O)O. The van der Waals surface area contributed by atoms with Gasteiger partial charge >= 0.3 is 5.97 Å². The number of hydrogen-bond donors (Lipinski definition) is 4. The lowest BCUT2D eigenvalue weighted by Gasteiger charge is -2.14. The van der Waals surface area contributed by atoms with Gasteiger partial charge in [0.25, 0.3) is 0 Å². The lowest BCUT2D eigenvalue weighted by atomic mass is 10.1. The lowest BCUT2D eigenvalue weighted by molar-refractivity contribution is -0.137. The molecule has 5 N–H and O–H groups in total. The van der Waals surface area contributed by atoms with Gasteiger partial charge in [0.05, 0.1) is 12.6 Å². The van der Waals surface area contributed by atoms with Gasteiger partial charge in [0.1, 0.15) is 6.54 Å². The van der Waals surface area contributed by atoms with Crippen LogP contribution in [0.5, 0.6) is 0 Å². The smallest absolute Gasteiger partial charge is 0.322 e. The molecule has 0 aliphatic heterocycles. The zero-order valence-corrected chi connectivity index (χ0v) is 9.32. The van der Waals surface area contributed by atoms with E-state index in [9.17, 15) is 14.4 Å². The summed E-state index contributed by atoms with van der Waals surface area (Å²) < 4.78 is 0. The quantitative estimate of drug-likeness (QED) is 0.433. The Morgan fingerprint density at radius 3 is 2.19 bits per heavy atom. The molecule has 0 aliphatic rings. The summed E-state index contributed by atoms with van der Waals surface area (Å²) in [5, 5.41) is 12.7. The average molecular weight is 231 g/mol. The first-order chi connectivity index (χ1) is 7.34. The number of rotatable bonds is 6. The van der Waals surface area contributed by atoms with Gasteiger partial charge in [-0.05, 0) is 5.92 Å². The number of nitrogens with two attached hydrogens (primary N) is 1. The number of carbonyl (C=O) groups is 3. The number of carboxylic acid groups (broad SMARTS) is 1. The van der Waals surface area contributed by atoms with Crippen molar-refractivity contribution in [1.82, 2.24) is 10.6 Å². The molecule has 0 rings (SSSR count). The van der Waals surface area contributed by atoms with E-state index in [0.717, 1.165) is 0 Å². The average Bonchev–Trinajstić information content (AvgIpc) is 2.21. The van der Waals surface area contributed by atoms with E-state index in [2.05, 4.69) is 10.6 Å². The molecule has 16 heavy (non-hydrogen) atoms. The zero-order chi connectivity index (χ0) is 12.7. The van der Waals surface area contributed by atoms with E-state index in [-0.39, 0.29) is 12.5 Å². The standard InChI is InChI=1S/C9H17N3O4/c1-5(2)8(10)9(16)12-3-6(13)11-4-7(14)15/h5,8H,3-4,10H2,1-2H3,(H,11,13)(H,12,16)(H,14,15). The predicted octanol–water partition coefficient (Wildman–Crippen LogP) is -1.71. The third-order valence-corrected chi connectivity index (χ3v) is 1.88. The summed E-state index contributed by atoms with van der Waals surface area (Å²) in [6.07, 6.45) is 0. The van der Waals surface area contributed by atoms with Crippen molar-refractivity contribution in [3.63, 3.8) is 0 Å². The summed E-state index contributed by atoms with van der Waals surface area (Å²) in [5.74, 6) is -2.16. The van der Waals surface area contributed by atoms with Gasteiger partial charge in [0.2, 0.25) is 11.8 Å². The maximum absolute atomic E-state index is 11.3. The van der Waals surface area contributed by atoms with Crippen LogP contribution >= 0.6 is 0 Å². The van der Waals surface area contributed by atoms with E-state index < -0.39 is 30.4 Å². The zero-order valence-electron chi connectivity index (χ0n) is 9.32. The summed E-state index contributed by atoms with van der Waals surface area (Å²) in [6, 6.07) is -0.674. The summed E-state index contributed by atoms with van der Waals surface area (Å²) in [5.41, 5.74) is 5.53. The highest BCUT2D eigenvalue weighted by molar-refractivity contribution is 5.88. The second-order valence-electron chi connectivity index (χ2n) is 3.66. The van der Waals surface area contributed by atoms with Gasteiger partial charge in [-0.15, -0.1) is 0 Å². The molecule has 7 heteroatoms. The molecule has 92 valence electrons. The molecule has 0 saturated heterocycles. The van der Waals surface area contributed by atoms with Crippen LogP contribution < -0.4 is 16.4 Å². The van der Waals surface area contributed by atoms with Gasteiger partial charge in [0, 0.05) is 0 Å². The molecule has 0 spiro atoms. The molecule has 7 nitrogen and oxygen atoms in total. The second-order valence-corrected chi connectivity index (χ2v) is 3.66. The van der Waals surface area contributed by atoms with Crippen LogP contribution in [0.15, 0.2) is 0 Å². The normalized spacial score (nSPS) is 12.0. The van der Waals surface area contributed by atoms with Gasteiger partial charge < -0.3 is 21.5 Å². The predicted molar refractivity (Wildman–Crippen MR) is 56.5 cm³/mol. The van der Waals surface area contributed by atoms with Crippen molar-refractivity contribution < 1.29 is 19.5 Å². The third kappa shape index (κ3) is 5.97. The Morgan fingerprint density at radius 2 is 1.75 bits per heavy atom. The molecular formula is C9H17N3O4. The molecule has 0 aromatic heterocycles. The van der Waals surface area contributed by atoms with E-state index in [1.807, 2.05) is 0 Å². The van der Waals surface area contributed by atoms with Crippen LogP contribution in [0.2, 0.25) is 0 Å². The van der Waals surface area contributed by atoms with Crippen LogP contribution in [-0.4, -0.2) is 42.0 Å². The Hall–Kier alpha value is -1.63. The molecule has 0 radical (unpaired) electrons. The van der Waals surface area contributed by atoms with Crippen LogP contribution in [0.4, 0.5) is 0 Å². The third-order valence-electron chi connectivity index (χ3n) is 1.88. The second kappa shape index (κ2) is 6.78. The molecular weight excluding hydrogens is 214 g/mol. The van der Waals surface area contributed by atoms with E-state index >= 15 is 0 Å². The lowest BCUT2D eigenvalue weighted by Crippen LogP contribution is -2.47. The Kier molecular flexibility index (Phi) is 6.09. The Bertz CT molecular complexity index is 278. The van der Waals surface area contributed by atoms with E-state index in [1.165, 1.54) is 0 Å². The molecule has 0 saturated carbocycles. The molecule has 0 aromatic rings. The highest BCUT2D eigenvalue weighted by Crippen LogP contribution is 1.97. The van der Waals surface area contributed by atoms with Crippen LogP contribution in [0, 0.1) is 5.92 Å². The molecule has 2 amide bonds. The maximum Gasteiger partial charge on any atom is 0.322 e. The first-order valence-corrected chi connectivity index (χ1v) is 4.86. The van der Waals surface area contributed by atoms with Gasteiger partial charge in [0.15, 0.2) is 0 Å². The number of hydrogen-bond acceptors (Lipinski definition) is 4. The minimum atomic E-state index is -1.14. The number of carboxylic acids is 1. The van der Waals surface area contributed by atoms with Gasteiger partial charge in [-0.1, -0.05) is 13.8 Å². The van der Waals surface area contributed by atoms with Gasteiger partial charge in [-0.25, -0.2) is 0 Å². The van der Waals surface area contributed by atoms with E-state index in [0.29, 0.717) is 0 Å². The fourth-order valence-electron chi connectivity index (χ4n) is 0.825. The highest BCUT2D eigenvalue weighted by atomic mass is 16.4. The first kappa shape index (κ1) is 14.4. The van der Waals surface area contributed by atoms with E-state index in [4.69, 9.17) is 10.8 Å². The topological polar surface area (TPSA) is 122 Å². The highest BCUT2D eigenvalue weighted by Gasteiger charge is 2.17. The number of aliphatic carboxylic acids is 1. The molecule has 1 atom stereocenters. The van der Waals surface area contributed by atoms with Crippen LogP contribution in [0.1, 0.15) is 13.8 Å². The minimum Gasteiger partial charge on any atom is -0.480 e. The van der Waals surface area contributed by atoms with Crippen LogP contribution in [0.25, 0.3) is 0 Å². The molecule has 0 aromatic carbocycles. The van der Waals surface area contributed by atoms with E-state index in [1.54, 1.807) is 13.8 Å². The summed E-state index contributed by atoms with van der Waals surface area (Å²) in [4.78, 5) is 32.4. The van der Waals surface area contributed by atoms with Crippen molar-refractivity contribution in [3.05, 3.63) is 0 Å². The molecule has 0 bridgehead atoms. The van der Waals surface area contributed by atoms with Crippen molar-refractivity contribution in [2.45, 2.75) is 19.9 Å². The Morgan fingerprint density at radius 1 is 1.19 bits per heavy atom. The number of carbonyl (C=O) groups excluding carboxylic acids is 2. The van der Waals surface area contributed by atoms with Crippen molar-refractivity contribution in [2.24, 2.45) is 11.7 Å². The molecule has 0 heterocycles. The Balaban J connectivity index is 3.83. The monoisotopic (exact) mass is 231 g/mol. The minimum absolute atomic E-state index is 0.0259. The number of nitrogens with one attached hydrogen (secondary N) is 2. The number of amides is 2. The Labute approximate surface area is 93.4 Å². The maximum atomic E-state index is 11.3. The van der Waals surface area contributed by atoms with Crippen LogP contribution in [-0.2, 0) is 14.4 Å². The first-order valence-electron chi connectivity index (χ1n) is 4.86. The van der Waals surface area contributed by atoms with Crippen molar-refractivity contribution >= 4 is 17.8 Å².